The number of hydrogen-bond acceptors (Lipinski definition) is 4. The van der Waals surface area contributed by atoms with E-state index in [9.17, 15) is 0 Å². The van der Waals surface area contributed by atoms with Gasteiger partial charge in [0.05, 0.1) is 39.1 Å². The zero-order valence-electron chi connectivity index (χ0n) is 32.3. The largest absolute Gasteiger partial charge is 0.254 e. The van der Waals surface area contributed by atoms with E-state index >= 15 is 0 Å². The van der Waals surface area contributed by atoms with E-state index in [2.05, 4.69) is 187 Å². The topological polar surface area (TPSA) is 51.6 Å². The summed E-state index contributed by atoms with van der Waals surface area (Å²) >= 11 is 0. The van der Waals surface area contributed by atoms with Crippen LogP contribution in [0.5, 0.6) is 0 Å². The van der Waals surface area contributed by atoms with Crippen molar-refractivity contribution in [1.29, 1.82) is 0 Å². The molecule has 4 nitrogen and oxygen atoms in total. The zero-order valence-corrected chi connectivity index (χ0v) is 32.3. The van der Waals surface area contributed by atoms with Gasteiger partial charge in [0.15, 0.2) is 0 Å². The van der Waals surface area contributed by atoms with Gasteiger partial charge in [0.25, 0.3) is 0 Å². The molecule has 0 amide bonds. The molecule has 0 N–H and O–H groups in total. The molecule has 0 spiro atoms. The molecule has 0 aliphatic rings. The monoisotopic (exact) mass is 760 g/mol. The Bertz CT molecular complexity index is 3890. The highest BCUT2D eigenvalue weighted by Gasteiger charge is 2.16. The Morgan fingerprint density at radius 3 is 1.43 bits per heavy atom. The van der Waals surface area contributed by atoms with Gasteiger partial charge in [-0.15, -0.1) is 0 Å². The number of rotatable bonds is 4. The maximum absolute atomic E-state index is 5.21. The lowest BCUT2D eigenvalue weighted by Crippen LogP contribution is -1.92. The van der Waals surface area contributed by atoms with Crippen LogP contribution in [-0.4, -0.2) is 19.9 Å². The number of benzene rings is 9. The van der Waals surface area contributed by atoms with E-state index in [1.807, 2.05) is 12.3 Å². The molecule has 13 aromatic rings. The van der Waals surface area contributed by atoms with Crippen molar-refractivity contribution in [3.05, 3.63) is 194 Å². The van der Waals surface area contributed by atoms with Gasteiger partial charge in [0.2, 0.25) is 0 Å². The average Bonchev–Trinajstić information content (AvgIpc) is 3.32. The minimum absolute atomic E-state index is 0.916. The average molecular weight is 761 g/mol. The maximum atomic E-state index is 5.21. The molecule has 0 atom stereocenters. The molecule has 4 aromatic heterocycles. The molecule has 60 heavy (non-hydrogen) atoms. The first-order chi connectivity index (χ1) is 29.7. The molecule has 0 saturated heterocycles. The van der Waals surface area contributed by atoms with Crippen molar-refractivity contribution in [2.45, 2.75) is 0 Å². The van der Waals surface area contributed by atoms with E-state index in [0.29, 0.717) is 0 Å². The Balaban J connectivity index is 0.835. The lowest BCUT2D eigenvalue weighted by Gasteiger charge is -2.14. The first-order valence-corrected chi connectivity index (χ1v) is 20.4. The summed E-state index contributed by atoms with van der Waals surface area (Å²) in [4.78, 5) is 20.3. The van der Waals surface area contributed by atoms with Crippen molar-refractivity contribution in [2.24, 2.45) is 0 Å². The smallest absolute Gasteiger partial charge is 0.0972 e. The molecular weight excluding hydrogens is 729 g/mol. The van der Waals surface area contributed by atoms with Crippen LogP contribution >= 0.6 is 0 Å². The summed E-state index contributed by atoms with van der Waals surface area (Å²) in [5.41, 5.74) is 12.3. The van der Waals surface area contributed by atoms with E-state index in [1.54, 1.807) is 0 Å². The van der Waals surface area contributed by atoms with Gasteiger partial charge in [-0.2, -0.15) is 0 Å². The standard InChI is InChI=1S/C56H32N4/c1-2-9-43-42(8-1)44(23-24-45(43)52-27-16-37-13-12-36-7-4-30-57-55(36)56(37)60-52)50-28-19-40-31-38(17-25-48(40)58-50)39-18-26-49-41(32-39)20-29-51(59-49)46-21-14-35-11-10-33-5-3-6-34-15-22-47(46)54(35)53(33)34/h1-32H. The molecule has 0 unspecified atom stereocenters. The van der Waals surface area contributed by atoms with Gasteiger partial charge < -0.3 is 0 Å². The molecule has 0 bridgehead atoms. The molecule has 0 aliphatic heterocycles. The van der Waals surface area contributed by atoms with Crippen LogP contribution in [0.25, 0.3) is 132 Å². The fourth-order valence-corrected chi connectivity index (χ4v) is 9.49. The predicted molar refractivity (Wildman–Crippen MR) is 251 cm³/mol. The molecule has 0 aliphatic carbocycles. The van der Waals surface area contributed by atoms with Gasteiger partial charge in [-0.1, -0.05) is 140 Å². The van der Waals surface area contributed by atoms with Crippen LogP contribution in [-0.2, 0) is 0 Å². The highest BCUT2D eigenvalue weighted by atomic mass is 14.8. The normalized spacial score (nSPS) is 12.0. The third-order valence-electron chi connectivity index (χ3n) is 12.4. The summed E-state index contributed by atoms with van der Waals surface area (Å²) in [5.74, 6) is 0. The summed E-state index contributed by atoms with van der Waals surface area (Å²) in [6, 6.07) is 67.3. The van der Waals surface area contributed by atoms with Crippen LogP contribution in [0.2, 0.25) is 0 Å². The minimum atomic E-state index is 0.916. The Labute approximate surface area is 344 Å². The van der Waals surface area contributed by atoms with E-state index in [4.69, 9.17) is 15.0 Å². The van der Waals surface area contributed by atoms with Crippen molar-refractivity contribution in [1.82, 2.24) is 19.9 Å². The Morgan fingerprint density at radius 2 is 0.767 bits per heavy atom. The SMILES string of the molecule is c1cnc2c(c1)ccc1ccc(-c3ccc(-c4ccc5cc(-c6ccc7nc(-c8ccc9ccc%10cccc%11ccc8c9c%10%11)ccc7c6)ccc5n4)c4ccccc34)nc12. The molecule has 4 heterocycles. The summed E-state index contributed by atoms with van der Waals surface area (Å²) in [6.45, 7) is 0. The summed E-state index contributed by atoms with van der Waals surface area (Å²) in [7, 11) is 0. The number of nitrogens with zero attached hydrogens (tertiary/aromatic N) is 4. The van der Waals surface area contributed by atoms with Crippen LogP contribution in [0.15, 0.2) is 194 Å². The van der Waals surface area contributed by atoms with Gasteiger partial charge in [-0.05, 0) is 103 Å². The zero-order chi connectivity index (χ0) is 39.3. The van der Waals surface area contributed by atoms with Gasteiger partial charge in [-0.3, -0.25) is 4.98 Å². The van der Waals surface area contributed by atoms with Crippen LogP contribution in [0, 0.1) is 0 Å². The highest BCUT2D eigenvalue weighted by molar-refractivity contribution is 6.25. The van der Waals surface area contributed by atoms with Crippen molar-refractivity contribution in [3.8, 4) is 44.9 Å². The van der Waals surface area contributed by atoms with Crippen molar-refractivity contribution < 1.29 is 0 Å². The second kappa shape index (κ2) is 12.7. The van der Waals surface area contributed by atoms with Crippen LogP contribution in [0.3, 0.4) is 0 Å². The van der Waals surface area contributed by atoms with Crippen LogP contribution < -0.4 is 0 Å². The molecule has 13 rings (SSSR count). The molecule has 0 saturated carbocycles. The first kappa shape index (κ1) is 32.9. The fourth-order valence-electron chi connectivity index (χ4n) is 9.49. The van der Waals surface area contributed by atoms with Gasteiger partial charge in [-0.25, -0.2) is 15.0 Å². The molecule has 276 valence electrons. The third-order valence-corrected chi connectivity index (χ3v) is 12.4. The Morgan fingerprint density at radius 1 is 0.283 bits per heavy atom. The summed E-state index contributed by atoms with van der Waals surface area (Å²) < 4.78 is 0. The van der Waals surface area contributed by atoms with Gasteiger partial charge in [0, 0.05) is 44.4 Å². The first-order valence-electron chi connectivity index (χ1n) is 20.4. The fraction of sp³-hybridized carbons (Fsp3) is 0. The minimum Gasteiger partial charge on any atom is -0.254 e. The predicted octanol–water partition coefficient (Wildman–Crippen LogP) is 14.6. The Kier molecular flexibility index (Phi) is 6.98. The summed E-state index contributed by atoms with van der Waals surface area (Å²) in [6.07, 6.45) is 1.84. The van der Waals surface area contributed by atoms with Crippen LogP contribution in [0.1, 0.15) is 0 Å². The highest BCUT2D eigenvalue weighted by Crippen LogP contribution is 2.40. The molecule has 0 fully saturated rings. The van der Waals surface area contributed by atoms with Crippen molar-refractivity contribution in [3.63, 3.8) is 0 Å². The van der Waals surface area contributed by atoms with Gasteiger partial charge >= 0.3 is 0 Å². The van der Waals surface area contributed by atoms with Crippen molar-refractivity contribution >= 4 is 86.7 Å². The number of fused-ring (bicyclic) bond motifs is 6. The quantitative estimate of drug-likeness (QED) is 0.168. The molecular formula is C56H32N4. The lowest BCUT2D eigenvalue weighted by atomic mass is 9.91. The lowest BCUT2D eigenvalue weighted by molar-refractivity contribution is 1.37. The second-order valence-electron chi connectivity index (χ2n) is 15.8. The Hall–Kier alpha value is -8.08. The van der Waals surface area contributed by atoms with E-state index < -0.39 is 0 Å². The number of pyridine rings is 4. The van der Waals surface area contributed by atoms with Crippen LogP contribution in [0.4, 0.5) is 0 Å². The third kappa shape index (κ3) is 5.04. The van der Waals surface area contributed by atoms with E-state index in [-0.39, 0.29) is 0 Å². The molecule has 4 heteroatoms. The number of aromatic nitrogens is 4. The maximum Gasteiger partial charge on any atom is 0.0972 e. The van der Waals surface area contributed by atoms with E-state index in [0.717, 1.165) is 99.3 Å². The second-order valence-corrected chi connectivity index (χ2v) is 15.8. The van der Waals surface area contributed by atoms with Crippen molar-refractivity contribution in [2.75, 3.05) is 0 Å². The molecule has 0 radical (unpaired) electrons. The number of hydrogen-bond donors (Lipinski definition) is 0. The summed E-state index contributed by atoms with van der Waals surface area (Å²) in [5, 5.41) is 14.3. The van der Waals surface area contributed by atoms with E-state index in [1.165, 1.54) is 32.3 Å². The molecule has 9 aromatic carbocycles. The van der Waals surface area contributed by atoms with Gasteiger partial charge in [0.1, 0.15) is 0 Å².